The van der Waals surface area contributed by atoms with Crippen LogP contribution in [0.1, 0.15) is 80.3 Å². The maximum absolute atomic E-state index is 14.9. The van der Waals surface area contributed by atoms with Gasteiger partial charge in [-0.25, -0.2) is 9.00 Å². The largest absolute Gasteiger partial charge is 0.490 e. The van der Waals surface area contributed by atoms with E-state index in [9.17, 15) is 18.6 Å². The maximum Gasteiger partial charge on any atom is 0.409 e. The van der Waals surface area contributed by atoms with Gasteiger partial charge in [0.05, 0.1) is 36.9 Å². The number of allylic oxidation sites excluding steroid dienone is 1. The number of likely N-dealkylation sites (tertiary alicyclic amines) is 1. The quantitative estimate of drug-likeness (QED) is 0.327. The van der Waals surface area contributed by atoms with Crippen LogP contribution in [0.4, 0.5) is 10.5 Å². The number of hydrogen-bond acceptors (Lipinski definition) is 9. The summed E-state index contributed by atoms with van der Waals surface area (Å²) in [5.41, 5.74) is 3.30. The van der Waals surface area contributed by atoms with Gasteiger partial charge in [-0.3, -0.25) is 14.3 Å². The van der Waals surface area contributed by atoms with Crippen LogP contribution in [0.3, 0.4) is 0 Å². The van der Waals surface area contributed by atoms with E-state index in [1.807, 2.05) is 25.1 Å². The van der Waals surface area contributed by atoms with Gasteiger partial charge in [-0.15, -0.1) is 4.36 Å². The number of aryl methyl sites for hydroxylation is 1. The number of piperidine rings is 1. The van der Waals surface area contributed by atoms with Crippen molar-refractivity contribution in [3.63, 3.8) is 0 Å². The fourth-order valence-electron chi connectivity index (χ4n) is 9.21. The lowest BCUT2D eigenvalue weighted by Crippen LogP contribution is -2.49. The molecule has 304 valence electrons. The van der Waals surface area contributed by atoms with Crippen LogP contribution in [-0.2, 0) is 40.8 Å². The minimum Gasteiger partial charge on any atom is -0.490 e. The van der Waals surface area contributed by atoms with E-state index in [-0.39, 0.29) is 35.7 Å². The molecule has 7 rings (SSSR count). The molecule has 14 heteroatoms. The van der Waals surface area contributed by atoms with Crippen LogP contribution in [0.5, 0.6) is 5.75 Å². The lowest BCUT2D eigenvalue weighted by atomic mass is 9.68. The summed E-state index contributed by atoms with van der Waals surface area (Å²) in [7, 11) is -0.542. The van der Waals surface area contributed by atoms with Crippen LogP contribution in [0.25, 0.3) is 0 Å². The highest BCUT2D eigenvalue weighted by molar-refractivity contribution is 7.93. The molecule has 2 fully saturated rings. The van der Waals surface area contributed by atoms with Crippen molar-refractivity contribution in [2.24, 2.45) is 22.1 Å². The lowest BCUT2D eigenvalue weighted by molar-refractivity contribution is -0.126. The molecule has 2 bridgehead atoms. The highest BCUT2D eigenvalue weighted by atomic mass is 35.5. The van der Waals surface area contributed by atoms with Crippen molar-refractivity contribution in [1.82, 2.24) is 9.62 Å². The number of nitrogens with one attached hydrogen (secondary N) is 1. The Morgan fingerprint density at radius 3 is 2.62 bits per heavy atom. The van der Waals surface area contributed by atoms with Gasteiger partial charge in [0.1, 0.15) is 22.3 Å². The fraction of sp³-hybridized carbons (Fsp3) is 0.595. The number of benzene rings is 2. The second-order valence-electron chi connectivity index (χ2n) is 16.3. The monoisotopic (exact) mass is 810 g/mol. The summed E-state index contributed by atoms with van der Waals surface area (Å²) in [6, 6.07) is 11.5. The lowest BCUT2D eigenvalue weighted by Gasteiger charge is -2.46. The summed E-state index contributed by atoms with van der Waals surface area (Å²) in [6.45, 7) is 6.20. The van der Waals surface area contributed by atoms with E-state index in [1.165, 1.54) is 18.2 Å². The van der Waals surface area contributed by atoms with Crippen LogP contribution >= 0.6 is 11.6 Å². The molecule has 0 aromatic heterocycles. The van der Waals surface area contributed by atoms with E-state index in [0.717, 1.165) is 49.4 Å². The molecule has 2 aromatic carbocycles. The SMILES string of the molecule is COC(=O)N1CCC(OCC(=O)NS2(=O)=NC(=O)c3ccc4c(c3)N(C[C@@H]3CC[C@H]3[C@@H](OC)/C=C\C[C@H](C)[C@H]2C)C[C@@]2(CCCc3cc(Cl)ccc32)CO4)CC1. The van der Waals surface area contributed by atoms with E-state index in [2.05, 4.69) is 38.3 Å². The minimum absolute atomic E-state index is 0.0864. The molecule has 3 heterocycles. The Morgan fingerprint density at radius 1 is 1.09 bits per heavy atom. The Kier molecular flexibility index (Phi) is 12.4. The van der Waals surface area contributed by atoms with Gasteiger partial charge in [-0.05, 0) is 118 Å². The second kappa shape index (κ2) is 17.1. The molecule has 56 heavy (non-hydrogen) atoms. The van der Waals surface area contributed by atoms with Crippen molar-refractivity contribution >= 4 is 45.1 Å². The van der Waals surface area contributed by atoms with Gasteiger partial charge in [0, 0.05) is 49.3 Å². The third-order valence-corrected chi connectivity index (χ3v) is 15.5. The number of rotatable bonds is 5. The van der Waals surface area contributed by atoms with Crippen LogP contribution in [0.15, 0.2) is 52.9 Å². The first-order valence-corrected chi connectivity index (χ1v) is 21.9. The van der Waals surface area contributed by atoms with Crippen molar-refractivity contribution in [2.75, 3.05) is 58.5 Å². The summed E-state index contributed by atoms with van der Waals surface area (Å²) in [4.78, 5) is 43.5. The number of carbonyl (C=O) groups excluding carboxylic acids is 3. The van der Waals surface area contributed by atoms with Crippen molar-refractivity contribution in [2.45, 2.75) is 88.1 Å². The number of nitrogens with zero attached hydrogens (tertiary/aromatic N) is 3. The number of carbonyl (C=O) groups is 3. The molecule has 5 aliphatic rings. The van der Waals surface area contributed by atoms with Crippen LogP contribution in [0.2, 0.25) is 5.02 Å². The number of methoxy groups -OCH3 is 2. The Bertz CT molecular complexity index is 1960. The van der Waals surface area contributed by atoms with E-state index in [0.29, 0.717) is 63.1 Å². The van der Waals surface area contributed by atoms with Crippen molar-refractivity contribution in [1.29, 1.82) is 0 Å². The van der Waals surface area contributed by atoms with Crippen LogP contribution in [-0.4, -0.2) is 98.1 Å². The van der Waals surface area contributed by atoms with Gasteiger partial charge in [0.25, 0.3) is 11.8 Å². The van der Waals surface area contributed by atoms with Crippen LogP contribution < -0.4 is 14.4 Å². The maximum atomic E-state index is 14.9. The summed E-state index contributed by atoms with van der Waals surface area (Å²) in [6.07, 6.45) is 10.1. The minimum atomic E-state index is -3.64. The highest BCUT2D eigenvalue weighted by Gasteiger charge is 2.44. The molecule has 3 aliphatic heterocycles. The molecular weight excluding hydrogens is 756 g/mol. The molecule has 1 saturated carbocycles. The van der Waals surface area contributed by atoms with E-state index in [1.54, 1.807) is 25.0 Å². The Labute approximate surface area is 335 Å². The zero-order valence-electron chi connectivity index (χ0n) is 32.9. The molecule has 1 N–H and O–H groups in total. The number of anilines is 1. The summed E-state index contributed by atoms with van der Waals surface area (Å²) in [5.74, 6) is -0.136. The summed E-state index contributed by atoms with van der Waals surface area (Å²) >= 11 is 6.47. The molecule has 7 atom stereocenters. The first-order valence-electron chi connectivity index (χ1n) is 20.0. The molecule has 1 spiro atoms. The molecule has 0 radical (unpaired) electrons. The number of ether oxygens (including phenoxy) is 4. The predicted molar refractivity (Wildman–Crippen MR) is 216 cm³/mol. The highest BCUT2D eigenvalue weighted by Crippen LogP contribution is 2.47. The average molecular weight is 811 g/mol. The van der Waals surface area contributed by atoms with E-state index >= 15 is 0 Å². The van der Waals surface area contributed by atoms with Gasteiger partial charge in [-0.1, -0.05) is 36.7 Å². The molecule has 2 aliphatic carbocycles. The standard InChI is InChI=1S/C42H55ClN4O8S/c1-27-7-5-9-37(52-3)34-13-10-31(34)23-47-25-42(18-6-8-29-21-32(43)12-14-35(29)42)26-55-38-15-11-30(22-36(38)47)40(49)45-56(51,28(27)2)44-39(48)24-54-33-16-19-46(20-17-33)41(50)53-4/h5,9,11-12,14-15,21-22,27-28,31,33-34,37H,6-8,10,13,16-20,23-26H2,1-4H3,(H,44,45,48,49,51)/b9-5-/t27-,28+,31-,34+,37-,42-,56?/m0/s1. The zero-order valence-corrected chi connectivity index (χ0v) is 34.4. The molecule has 12 nitrogen and oxygen atoms in total. The van der Waals surface area contributed by atoms with Gasteiger partial charge >= 0.3 is 6.09 Å². The smallest absolute Gasteiger partial charge is 0.409 e. The fourth-order valence-corrected chi connectivity index (χ4v) is 11.3. The van der Waals surface area contributed by atoms with Crippen molar-refractivity contribution in [3.05, 3.63) is 70.3 Å². The first kappa shape index (κ1) is 40.5. The third kappa shape index (κ3) is 8.47. The number of halogens is 1. The Balaban J connectivity index is 1.20. The summed E-state index contributed by atoms with van der Waals surface area (Å²) in [5, 5.41) is 0.0438. The van der Waals surface area contributed by atoms with Gasteiger partial charge in [0.2, 0.25) is 0 Å². The van der Waals surface area contributed by atoms with Gasteiger partial charge in [0.15, 0.2) is 0 Å². The molecule has 2 aromatic rings. The predicted octanol–water partition coefficient (Wildman–Crippen LogP) is 6.73. The molecular formula is C42H55ClN4O8S. The number of fused-ring (bicyclic) bond motifs is 4. The molecule has 1 unspecified atom stereocenters. The van der Waals surface area contributed by atoms with E-state index < -0.39 is 33.1 Å². The van der Waals surface area contributed by atoms with Crippen LogP contribution in [0, 0.1) is 17.8 Å². The number of amides is 3. The van der Waals surface area contributed by atoms with Gasteiger partial charge in [-0.2, -0.15) is 0 Å². The van der Waals surface area contributed by atoms with E-state index in [4.69, 9.17) is 30.5 Å². The topological polar surface area (TPSA) is 136 Å². The normalized spacial score (nSPS) is 31.4. The molecule has 1 saturated heterocycles. The van der Waals surface area contributed by atoms with Crippen molar-refractivity contribution < 1.29 is 37.5 Å². The second-order valence-corrected chi connectivity index (χ2v) is 19.0. The zero-order chi connectivity index (χ0) is 39.6. The first-order chi connectivity index (χ1) is 26.9. The summed E-state index contributed by atoms with van der Waals surface area (Å²) < 4.78 is 45.3. The third-order valence-electron chi connectivity index (χ3n) is 12.9. The van der Waals surface area contributed by atoms with Gasteiger partial charge < -0.3 is 28.7 Å². The average Bonchev–Trinajstić information content (AvgIpc) is 3.33. The van der Waals surface area contributed by atoms with Crippen molar-refractivity contribution in [3.8, 4) is 5.75 Å². The Morgan fingerprint density at radius 2 is 1.89 bits per heavy atom. The molecule has 3 amide bonds. The number of hydrogen-bond donors (Lipinski definition) is 1. The Hall–Kier alpha value is -3.65.